The standard InChI is InChI=1S/C17H19BrFN/c1-11-5-4-6-15(12(11)2)17(20-3)10-13-9-14(18)7-8-16(13)19/h4-9,17,20H,10H2,1-3H3. The van der Waals surface area contributed by atoms with Gasteiger partial charge in [-0.15, -0.1) is 0 Å². The Bertz CT molecular complexity index is 610. The van der Waals surface area contributed by atoms with E-state index >= 15 is 0 Å². The SMILES string of the molecule is CNC(Cc1cc(Br)ccc1F)c1cccc(C)c1C. The van der Waals surface area contributed by atoms with Crippen LogP contribution in [0.5, 0.6) is 0 Å². The average Bonchev–Trinajstić information content (AvgIpc) is 2.43. The first-order chi connectivity index (χ1) is 9.52. The van der Waals surface area contributed by atoms with Gasteiger partial charge in [-0.25, -0.2) is 4.39 Å². The van der Waals surface area contributed by atoms with E-state index in [9.17, 15) is 4.39 Å². The molecule has 0 aliphatic rings. The summed E-state index contributed by atoms with van der Waals surface area (Å²) < 4.78 is 14.8. The zero-order valence-corrected chi connectivity index (χ0v) is 13.6. The smallest absolute Gasteiger partial charge is 0.126 e. The minimum atomic E-state index is -0.154. The molecule has 1 N–H and O–H groups in total. The highest BCUT2D eigenvalue weighted by atomic mass is 79.9. The lowest BCUT2D eigenvalue weighted by Crippen LogP contribution is -2.20. The third kappa shape index (κ3) is 3.28. The Balaban J connectivity index is 2.34. The summed E-state index contributed by atoms with van der Waals surface area (Å²) in [5.74, 6) is -0.154. The molecule has 2 aromatic rings. The van der Waals surface area contributed by atoms with Crippen LogP contribution in [0.15, 0.2) is 40.9 Å². The van der Waals surface area contributed by atoms with Crippen molar-refractivity contribution in [1.29, 1.82) is 0 Å². The molecule has 0 fully saturated rings. The van der Waals surface area contributed by atoms with Crippen LogP contribution in [0.1, 0.15) is 28.3 Å². The van der Waals surface area contributed by atoms with E-state index in [2.05, 4.69) is 53.3 Å². The van der Waals surface area contributed by atoms with E-state index in [-0.39, 0.29) is 11.9 Å². The molecular formula is C17H19BrFN. The molecule has 0 amide bonds. The zero-order valence-electron chi connectivity index (χ0n) is 12.0. The molecule has 0 heterocycles. The molecule has 3 heteroatoms. The monoisotopic (exact) mass is 335 g/mol. The van der Waals surface area contributed by atoms with E-state index in [0.29, 0.717) is 6.42 Å². The van der Waals surface area contributed by atoms with E-state index in [0.717, 1.165) is 10.0 Å². The Morgan fingerprint density at radius 3 is 2.65 bits per heavy atom. The van der Waals surface area contributed by atoms with Gasteiger partial charge in [-0.1, -0.05) is 34.1 Å². The summed E-state index contributed by atoms with van der Waals surface area (Å²) >= 11 is 3.40. The third-order valence-corrected chi connectivity index (χ3v) is 4.30. The van der Waals surface area contributed by atoms with E-state index in [4.69, 9.17) is 0 Å². The summed E-state index contributed by atoms with van der Waals surface area (Å²) in [5, 5.41) is 3.30. The van der Waals surface area contributed by atoms with Gasteiger partial charge in [0.25, 0.3) is 0 Å². The van der Waals surface area contributed by atoms with Gasteiger partial charge in [0.05, 0.1) is 0 Å². The maximum absolute atomic E-state index is 13.9. The quantitative estimate of drug-likeness (QED) is 0.853. The number of hydrogen-bond donors (Lipinski definition) is 1. The lowest BCUT2D eigenvalue weighted by molar-refractivity contribution is 0.552. The van der Waals surface area contributed by atoms with Gasteiger partial charge in [0, 0.05) is 10.5 Å². The largest absolute Gasteiger partial charge is 0.313 e. The van der Waals surface area contributed by atoms with Crippen molar-refractivity contribution in [2.24, 2.45) is 0 Å². The highest BCUT2D eigenvalue weighted by Crippen LogP contribution is 2.26. The molecule has 0 aliphatic heterocycles. The number of benzene rings is 2. The number of likely N-dealkylation sites (N-methyl/N-ethyl adjacent to an activating group) is 1. The number of halogens is 2. The molecule has 2 rings (SSSR count). The Morgan fingerprint density at radius 2 is 1.95 bits per heavy atom. The van der Waals surface area contributed by atoms with Crippen LogP contribution in [0, 0.1) is 19.7 Å². The Kier molecular flexibility index (Phi) is 4.95. The predicted octanol–water partition coefficient (Wildman–Crippen LogP) is 4.71. The summed E-state index contributed by atoms with van der Waals surface area (Å²) in [4.78, 5) is 0. The van der Waals surface area contributed by atoms with Gasteiger partial charge in [0.1, 0.15) is 5.82 Å². The fraction of sp³-hybridized carbons (Fsp3) is 0.294. The van der Waals surface area contributed by atoms with Gasteiger partial charge >= 0.3 is 0 Å². The molecule has 0 aromatic heterocycles. The average molecular weight is 336 g/mol. The number of rotatable bonds is 4. The summed E-state index contributed by atoms with van der Waals surface area (Å²) in [5.41, 5.74) is 4.48. The number of hydrogen-bond acceptors (Lipinski definition) is 1. The Labute approximate surface area is 128 Å². The maximum Gasteiger partial charge on any atom is 0.126 e. The Hall–Kier alpha value is -1.19. The van der Waals surface area contributed by atoms with Gasteiger partial charge in [0.2, 0.25) is 0 Å². The van der Waals surface area contributed by atoms with Crippen LogP contribution < -0.4 is 5.32 Å². The summed E-state index contributed by atoms with van der Waals surface area (Å²) in [7, 11) is 1.92. The van der Waals surface area contributed by atoms with Crippen LogP contribution in [-0.4, -0.2) is 7.05 Å². The van der Waals surface area contributed by atoms with Crippen LogP contribution in [0.25, 0.3) is 0 Å². The molecule has 0 saturated carbocycles. The maximum atomic E-state index is 13.9. The fourth-order valence-corrected chi connectivity index (χ4v) is 2.85. The highest BCUT2D eigenvalue weighted by Gasteiger charge is 2.15. The number of aryl methyl sites for hydroxylation is 1. The first kappa shape index (κ1) is 15.2. The highest BCUT2D eigenvalue weighted by molar-refractivity contribution is 9.10. The topological polar surface area (TPSA) is 12.0 Å². The summed E-state index contributed by atoms with van der Waals surface area (Å²) in [6.45, 7) is 4.22. The van der Waals surface area contributed by atoms with E-state index < -0.39 is 0 Å². The molecule has 0 saturated heterocycles. The summed E-state index contributed by atoms with van der Waals surface area (Å²) in [6, 6.07) is 11.5. The molecule has 1 unspecified atom stereocenters. The van der Waals surface area contributed by atoms with Crippen LogP contribution in [0.3, 0.4) is 0 Å². The van der Waals surface area contributed by atoms with Gasteiger partial charge in [-0.05, 0) is 67.8 Å². The van der Waals surface area contributed by atoms with Crippen molar-refractivity contribution in [3.05, 3.63) is 68.9 Å². The fourth-order valence-electron chi connectivity index (χ4n) is 2.44. The molecule has 1 atom stereocenters. The molecular weight excluding hydrogens is 317 g/mol. The molecule has 106 valence electrons. The van der Waals surface area contributed by atoms with Crippen molar-refractivity contribution >= 4 is 15.9 Å². The van der Waals surface area contributed by atoms with Crippen molar-refractivity contribution in [1.82, 2.24) is 5.32 Å². The Morgan fingerprint density at radius 1 is 1.20 bits per heavy atom. The third-order valence-electron chi connectivity index (χ3n) is 3.80. The molecule has 1 nitrogen and oxygen atoms in total. The normalized spacial score (nSPS) is 12.4. The number of nitrogens with one attached hydrogen (secondary N) is 1. The molecule has 20 heavy (non-hydrogen) atoms. The van der Waals surface area contributed by atoms with Crippen molar-refractivity contribution in [3.63, 3.8) is 0 Å². The lowest BCUT2D eigenvalue weighted by Gasteiger charge is -2.20. The first-order valence-corrected chi connectivity index (χ1v) is 7.49. The van der Waals surface area contributed by atoms with Crippen LogP contribution in [0.2, 0.25) is 0 Å². The second kappa shape index (κ2) is 6.51. The van der Waals surface area contributed by atoms with E-state index in [1.165, 1.54) is 22.8 Å². The van der Waals surface area contributed by atoms with Crippen molar-refractivity contribution in [2.45, 2.75) is 26.3 Å². The van der Waals surface area contributed by atoms with Gasteiger partial charge in [-0.2, -0.15) is 0 Å². The lowest BCUT2D eigenvalue weighted by atomic mass is 9.93. The van der Waals surface area contributed by atoms with Crippen LogP contribution in [0.4, 0.5) is 4.39 Å². The van der Waals surface area contributed by atoms with Crippen molar-refractivity contribution in [2.75, 3.05) is 7.05 Å². The van der Waals surface area contributed by atoms with Crippen molar-refractivity contribution < 1.29 is 4.39 Å². The molecule has 0 spiro atoms. The zero-order chi connectivity index (χ0) is 14.7. The first-order valence-electron chi connectivity index (χ1n) is 6.70. The van der Waals surface area contributed by atoms with Crippen molar-refractivity contribution in [3.8, 4) is 0 Å². The molecule has 0 aliphatic carbocycles. The van der Waals surface area contributed by atoms with Gasteiger partial charge in [-0.3, -0.25) is 0 Å². The molecule has 0 bridgehead atoms. The molecule has 0 radical (unpaired) electrons. The van der Waals surface area contributed by atoms with Gasteiger partial charge < -0.3 is 5.32 Å². The second-order valence-electron chi connectivity index (χ2n) is 5.07. The summed E-state index contributed by atoms with van der Waals surface area (Å²) in [6.07, 6.45) is 0.631. The van der Waals surface area contributed by atoms with Crippen LogP contribution in [-0.2, 0) is 6.42 Å². The predicted molar refractivity (Wildman–Crippen MR) is 85.5 cm³/mol. The second-order valence-corrected chi connectivity index (χ2v) is 5.99. The van der Waals surface area contributed by atoms with E-state index in [1.807, 2.05) is 13.1 Å². The molecule has 2 aromatic carbocycles. The van der Waals surface area contributed by atoms with E-state index in [1.54, 1.807) is 6.07 Å². The van der Waals surface area contributed by atoms with Gasteiger partial charge in [0.15, 0.2) is 0 Å². The van der Waals surface area contributed by atoms with Crippen LogP contribution >= 0.6 is 15.9 Å². The minimum absolute atomic E-state index is 0.110. The minimum Gasteiger partial charge on any atom is -0.313 e.